The lowest BCUT2D eigenvalue weighted by atomic mass is 10.1. The maximum absolute atomic E-state index is 13.8. The number of likely N-dealkylation sites (N-methyl/N-ethyl adjacent to an activating group) is 1. The number of nitrogens with zero attached hydrogens (tertiary/aromatic N) is 2. The van der Waals surface area contributed by atoms with E-state index in [4.69, 9.17) is 11.6 Å². The van der Waals surface area contributed by atoms with E-state index in [0.717, 1.165) is 21.0 Å². The molecule has 3 rings (SSSR count). The number of halogens is 1. The van der Waals surface area contributed by atoms with Gasteiger partial charge >= 0.3 is 0 Å². The highest BCUT2D eigenvalue weighted by molar-refractivity contribution is 7.92. The third kappa shape index (κ3) is 6.50. The second kappa shape index (κ2) is 11.8. The van der Waals surface area contributed by atoms with E-state index >= 15 is 0 Å². The fourth-order valence-electron chi connectivity index (χ4n) is 3.85. The molecule has 0 aliphatic rings. The first-order chi connectivity index (χ1) is 17.4. The number of aryl methyl sites for hydroxylation is 3. The minimum atomic E-state index is -4.10. The molecule has 0 spiro atoms. The molecule has 0 unspecified atom stereocenters. The van der Waals surface area contributed by atoms with Gasteiger partial charge < -0.3 is 10.2 Å². The number of amides is 2. The largest absolute Gasteiger partial charge is 0.357 e. The smallest absolute Gasteiger partial charge is 0.264 e. The molecule has 0 bridgehead atoms. The number of hydrogen-bond donors (Lipinski definition) is 1. The van der Waals surface area contributed by atoms with E-state index in [1.165, 1.54) is 24.1 Å². The SMILES string of the molecule is CNC(=O)[C@H](C)N(Cc1ccccc1Cl)C(=O)CN(c1ccc(C)c(C)c1)S(=O)(=O)c1ccc(C)cc1. The summed E-state index contributed by atoms with van der Waals surface area (Å²) in [5.41, 5.74) is 3.81. The molecule has 3 aromatic rings. The van der Waals surface area contributed by atoms with Crippen molar-refractivity contribution >= 4 is 39.1 Å². The third-order valence-corrected chi connectivity index (χ3v) is 8.54. The highest BCUT2D eigenvalue weighted by Crippen LogP contribution is 2.27. The van der Waals surface area contributed by atoms with E-state index in [1.807, 2.05) is 26.8 Å². The maximum Gasteiger partial charge on any atom is 0.264 e. The fourth-order valence-corrected chi connectivity index (χ4v) is 5.45. The van der Waals surface area contributed by atoms with Gasteiger partial charge in [-0.1, -0.05) is 53.6 Å². The summed E-state index contributed by atoms with van der Waals surface area (Å²) in [6.45, 7) is 6.83. The third-order valence-electron chi connectivity index (χ3n) is 6.38. The normalized spacial score (nSPS) is 12.1. The molecule has 0 radical (unpaired) electrons. The van der Waals surface area contributed by atoms with Gasteiger partial charge in [0.05, 0.1) is 10.6 Å². The Labute approximate surface area is 224 Å². The fraction of sp³-hybridized carbons (Fsp3) is 0.286. The van der Waals surface area contributed by atoms with Gasteiger partial charge in [0.1, 0.15) is 12.6 Å². The summed E-state index contributed by atoms with van der Waals surface area (Å²) in [5, 5.41) is 3.01. The Hall–Kier alpha value is -3.36. The zero-order chi connectivity index (χ0) is 27.3. The predicted octanol–water partition coefficient (Wildman–Crippen LogP) is 4.62. The summed E-state index contributed by atoms with van der Waals surface area (Å²) >= 11 is 6.35. The highest BCUT2D eigenvalue weighted by Gasteiger charge is 2.32. The van der Waals surface area contributed by atoms with Crippen LogP contribution >= 0.6 is 11.6 Å². The minimum Gasteiger partial charge on any atom is -0.357 e. The molecule has 7 nitrogen and oxygen atoms in total. The molecule has 0 aliphatic heterocycles. The van der Waals surface area contributed by atoms with Crippen LogP contribution in [0, 0.1) is 20.8 Å². The first-order valence-electron chi connectivity index (χ1n) is 11.9. The predicted molar refractivity (Wildman–Crippen MR) is 147 cm³/mol. The van der Waals surface area contributed by atoms with Crippen LogP contribution in [-0.2, 0) is 26.2 Å². The molecule has 0 aliphatic carbocycles. The number of benzene rings is 3. The standard InChI is InChI=1S/C28H32ClN3O4S/c1-19-10-14-25(15-11-19)37(35,36)32(24-13-12-20(2)21(3)16-24)18-27(33)31(22(4)28(34)30-5)17-23-8-6-7-9-26(23)29/h6-16,22H,17-18H2,1-5H3,(H,30,34)/t22-/m0/s1. The van der Waals surface area contributed by atoms with E-state index in [9.17, 15) is 18.0 Å². The maximum atomic E-state index is 13.8. The Morgan fingerprint density at radius 2 is 1.59 bits per heavy atom. The lowest BCUT2D eigenvalue weighted by Crippen LogP contribution is -2.50. The van der Waals surface area contributed by atoms with E-state index in [0.29, 0.717) is 16.3 Å². The molecule has 0 saturated carbocycles. The number of hydrogen-bond acceptors (Lipinski definition) is 4. The first kappa shape index (κ1) is 28.2. The van der Waals surface area contributed by atoms with Gasteiger partial charge in [0, 0.05) is 18.6 Å². The first-order valence-corrected chi connectivity index (χ1v) is 13.7. The summed E-state index contributed by atoms with van der Waals surface area (Å²) in [5.74, 6) is -0.913. The Balaban J connectivity index is 2.07. The Kier molecular flexibility index (Phi) is 8.99. The molecule has 3 aromatic carbocycles. The molecule has 0 fully saturated rings. The van der Waals surface area contributed by atoms with Gasteiger partial charge in [-0.25, -0.2) is 8.42 Å². The second-order valence-electron chi connectivity index (χ2n) is 9.00. The van der Waals surface area contributed by atoms with Crippen LogP contribution in [0.4, 0.5) is 5.69 Å². The van der Waals surface area contributed by atoms with Crippen LogP contribution in [0.2, 0.25) is 5.02 Å². The molecule has 196 valence electrons. The van der Waals surface area contributed by atoms with Crippen LogP contribution in [0.1, 0.15) is 29.2 Å². The molecular weight excluding hydrogens is 510 g/mol. The monoisotopic (exact) mass is 541 g/mol. The van der Waals surface area contributed by atoms with Gasteiger partial charge in [-0.05, 0) is 74.7 Å². The minimum absolute atomic E-state index is 0.0401. The summed E-state index contributed by atoms with van der Waals surface area (Å²) in [6.07, 6.45) is 0. The highest BCUT2D eigenvalue weighted by atomic mass is 35.5. The Morgan fingerprint density at radius 3 is 2.19 bits per heavy atom. The second-order valence-corrected chi connectivity index (χ2v) is 11.3. The van der Waals surface area contributed by atoms with Gasteiger partial charge in [0.25, 0.3) is 10.0 Å². The Bertz CT molecular complexity index is 1390. The van der Waals surface area contributed by atoms with Crippen molar-refractivity contribution in [1.82, 2.24) is 10.2 Å². The van der Waals surface area contributed by atoms with E-state index in [2.05, 4.69) is 5.32 Å². The number of carbonyl (C=O) groups is 2. The van der Waals surface area contributed by atoms with Crippen molar-refractivity contribution in [2.24, 2.45) is 0 Å². The Morgan fingerprint density at radius 1 is 0.946 bits per heavy atom. The summed E-state index contributed by atoms with van der Waals surface area (Å²) in [4.78, 5) is 27.8. The van der Waals surface area contributed by atoms with Crippen molar-refractivity contribution in [2.45, 2.75) is 45.2 Å². The molecule has 0 aromatic heterocycles. The molecule has 0 heterocycles. The van der Waals surface area contributed by atoms with E-state index < -0.39 is 28.5 Å². The molecule has 37 heavy (non-hydrogen) atoms. The summed E-state index contributed by atoms with van der Waals surface area (Å²) < 4.78 is 28.8. The lowest BCUT2D eigenvalue weighted by molar-refractivity contribution is -0.139. The zero-order valence-electron chi connectivity index (χ0n) is 21.7. The van der Waals surface area contributed by atoms with Gasteiger partial charge in [-0.15, -0.1) is 0 Å². The van der Waals surface area contributed by atoms with Crippen LogP contribution in [0.15, 0.2) is 71.6 Å². The molecule has 1 N–H and O–H groups in total. The van der Waals surface area contributed by atoms with Gasteiger partial charge in [-0.2, -0.15) is 0 Å². The molecule has 0 saturated heterocycles. The number of rotatable bonds is 9. The molecule has 9 heteroatoms. The lowest BCUT2D eigenvalue weighted by Gasteiger charge is -2.32. The van der Waals surface area contributed by atoms with Crippen molar-refractivity contribution in [3.05, 3.63) is 94.0 Å². The van der Waals surface area contributed by atoms with Crippen LogP contribution < -0.4 is 9.62 Å². The van der Waals surface area contributed by atoms with Gasteiger partial charge in [0.2, 0.25) is 11.8 Å². The van der Waals surface area contributed by atoms with Crippen molar-refractivity contribution in [3.63, 3.8) is 0 Å². The number of anilines is 1. The molecule has 2 amide bonds. The van der Waals surface area contributed by atoms with Crippen molar-refractivity contribution in [1.29, 1.82) is 0 Å². The van der Waals surface area contributed by atoms with E-state index in [1.54, 1.807) is 55.5 Å². The van der Waals surface area contributed by atoms with Gasteiger partial charge in [0.15, 0.2) is 0 Å². The van der Waals surface area contributed by atoms with Crippen LogP contribution in [0.5, 0.6) is 0 Å². The average molecular weight is 542 g/mol. The molecule has 1 atom stereocenters. The van der Waals surface area contributed by atoms with Crippen LogP contribution in [-0.4, -0.2) is 44.8 Å². The number of carbonyl (C=O) groups excluding carboxylic acids is 2. The zero-order valence-corrected chi connectivity index (χ0v) is 23.2. The summed E-state index contributed by atoms with van der Waals surface area (Å²) in [7, 11) is -2.62. The van der Waals surface area contributed by atoms with E-state index in [-0.39, 0.29) is 17.3 Å². The average Bonchev–Trinajstić information content (AvgIpc) is 2.87. The van der Waals surface area contributed by atoms with Crippen molar-refractivity contribution in [3.8, 4) is 0 Å². The summed E-state index contributed by atoms with van der Waals surface area (Å²) in [6, 6.07) is 17.9. The van der Waals surface area contributed by atoms with Crippen LogP contribution in [0.25, 0.3) is 0 Å². The quantitative estimate of drug-likeness (QED) is 0.428. The van der Waals surface area contributed by atoms with Gasteiger partial charge in [-0.3, -0.25) is 13.9 Å². The topological polar surface area (TPSA) is 86.8 Å². The van der Waals surface area contributed by atoms with Crippen molar-refractivity contribution in [2.75, 3.05) is 17.9 Å². The number of nitrogens with one attached hydrogen (secondary N) is 1. The van der Waals surface area contributed by atoms with Crippen LogP contribution in [0.3, 0.4) is 0 Å². The molecular formula is C28H32ClN3O4S. The van der Waals surface area contributed by atoms with Crippen molar-refractivity contribution < 1.29 is 18.0 Å². The number of sulfonamides is 1.